The van der Waals surface area contributed by atoms with Gasteiger partial charge in [0, 0.05) is 0 Å². The van der Waals surface area contributed by atoms with Crippen LogP contribution in [0.2, 0.25) is 0 Å². The summed E-state index contributed by atoms with van der Waals surface area (Å²) in [5.74, 6) is 0.452. The molecular weight excluding hydrogens is 195 g/mol. The van der Waals surface area contributed by atoms with Crippen LogP contribution in [0.4, 0.5) is 4.39 Å². The van der Waals surface area contributed by atoms with Gasteiger partial charge in [0.2, 0.25) is 0 Å². The van der Waals surface area contributed by atoms with Crippen LogP contribution in [-0.2, 0) is 4.74 Å². The van der Waals surface area contributed by atoms with Crippen molar-refractivity contribution in [3.8, 4) is 5.75 Å². The molecule has 1 aliphatic heterocycles. The molecule has 0 unspecified atom stereocenters. The Morgan fingerprint density at radius 1 is 1.33 bits per heavy atom. The first kappa shape index (κ1) is 10.4. The van der Waals surface area contributed by atoms with Gasteiger partial charge in [0.15, 0.2) is 0 Å². The first-order valence-corrected chi connectivity index (χ1v) is 5.28. The summed E-state index contributed by atoms with van der Waals surface area (Å²) in [6.07, 6.45) is 2.66. The molecular formula is C12H15FO2. The molecule has 0 aliphatic carbocycles. The Morgan fingerprint density at radius 3 is 2.67 bits per heavy atom. The van der Waals surface area contributed by atoms with Crippen LogP contribution >= 0.6 is 0 Å². The summed E-state index contributed by atoms with van der Waals surface area (Å²) in [6.45, 7) is 2.62. The van der Waals surface area contributed by atoms with E-state index in [1.54, 1.807) is 12.1 Å². The smallest absolute Gasteiger partial charge is 0.123 e. The van der Waals surface area contributed by atoms with Crippen molar-refractivity contribution in [3.05, 3.63) is 30.1 Å². The molecule has 1 fully saturated rings. The van der Waals surface area contributed by atoms with Crippen LogP contribution in [-0.4, -0.2) is 18.8 Å². The number of hydrogen-bond donors (Lipinski definition) is 0. The van der Waals surface area contributed by atoms with E-state index in [-0.39, 0.29) is 11.9 Å². The molecule has 0 N–H and O–H groups in total. The molecule has 82 valence electrons. The SMILES string of the molecule is C[C@H]1CC[C@H](COc2ccc(F)cc2)O1. The molecule has 0 spiro atoms. The van der Waals surface area contributed by atoms with Crippen LogP contribution in [0.15, 0.2) is 24.3 Å². The van der Waals surface area contributed by atoms with Crippen molar-refractivity contribution in [2.24, 2.45) is 0 Å². The number of hydrogen-bond acceptors (Lipinski definition) is 2. The van der Waals surface area contributed by atoms with E-state index in [1.165, 1.54) is 12.1 Å². The van der Waals surface area contributed by atoms with Crippen LogP contribution in [0.25, 0.3) is 0 Å². The highest BCUT2D eigenvalue weighted by Gasteiger charge is 2.21. The molecule has 0 aromatic heterocycles. The van der Waals surface area contributed by atoms with Gasteiger partial charge in [-0.3, -0.25) is 0 Å². The summed E-state index contributed by atoms with van der Waals surface area (Å²) < 4.78 is 23.7. The van der Waals surface area contributed by atoms with Crippen molar-refractivity contribution in [2.45, 2.75) is 32.0 Å². The van der Waals surface area contributed by atoms with Gasteiger partial charge in [-0.05, 0) is 44.0 Å². The molecule has 0 amide bonds. The minimum atomic E-state index is -0.243. The predicted octanol–water partition coefficient (Wildman–Crippen LogP) is 2.77. The summed E-state index contributed by atoms with van der Waals surface area (Å²) in [4.78, 5) is 0. The van der Waals surface area contributed by atoms with Crippen molar-refractivity contribution in [3.63, 3.8) is 0 Å². The first-order chi connectivity index (χ1) is 7.24. The van der Waals surface area contributed by atoms with Crippen LogP contribution in [0, 0.1) is 5.82 Å². The zero-order valence-corrected chi connectivity index (χ0v) is 8.78. The number of rotatable bonds is 3. The molecule has 1 saturated heterocycles. The lowest BCUT2D eigenvalue weighted by atomic mass is 10.2. The van der Waals surface area contributed by atoms with Crippen LogP contribution in [0.5, 0.6) is 5.75 Å². The summed E-state index contributed by atoms with van der Waals surface area (Å²) in [6, 6.07) is 6.06. The summed E-state index contributed by atoms with van der Waals surface area (Å²) in [5.41, 5.74) is 0. The topological polar surface area (TPSA) is 18.5 Å². The van der Waals surface area contributed by atoms with E-state index in [0.29, 0.717) is 18.5 Å². The second kappa shape index (κ2) is 4.62. The largest absolute Gasteiger partial charge is 0.491 e. The van der Waals surface area contributed by atoms with Crippen LogP contribution in [0.3, 0.4) is 0 Å². The van der Waals surface area contributed by atoms with Gasteiger partial charge in [-0.15, -0.1) is 0 Å². The van der Waals surface area contributed by atoms with Gasteiger partial charge in [-0.1, -0.05) is 0 Å². The van der Waals surface area contributed by atoms with Crippen LogP contribution < -0.4 is 4.74 Å². The molecule has 0 radical (unpaired) electrons. The molecule has 1 aromatic carbocycles. The average Bonchev–Trinajstić information content (AvgIpc) is 2.64. The minimum Gasteiger partial charge on any atom is -0.491 e. The third-order valence-corrected chi connectivity index (χ3v) is 2.57. The van der Waals surface area contributed by atoms with Crippen molar-refractivity contribution in [1.82, 2.24) is 0 Å². The highest BCUT2D eigenvalue weighted by Crippen LogP contribution is 2.20. The van der Waals surface area contributed by atoms with E-state index in [0.717, 1.165) is 12.8 Å². The molecule has 3 heteroatoms. The van der Waals surface area contributed by atoms with Gasteiger partial charge in [-0.2, -0.15) is 0 Å². The normalized spacial score (nSPS) is 25.5. The van der Waals surface area contributed by atoms with E-state index < -0.39 is 0 Å². The third-order valence-electron chi connectivity index (χ3n) is 2.57. The molecule has 2 atom stereocenters. The fourth-order valence-corrected chi connectivity index (χ4v) is 1.73. The standard InChI is InChI=1S/C12H15FO2/c1-9-2-5-12(15-9)8-14-11-6-3-10(13)4-7-11/h3-4,6-7,9,12H,2,5,8H2,1H3/t9-,12+/m0/s1. The maximum atomic E-state index is 12.6. The number of benzene rings is 1. The quantitative estimate of drug-likeness (QED) is 0.763. The van der Waals surface area contributed by atoms with Gasteiger partial charge in [0.1, 0.15) is 18.2 Å². The molecule has 15 heavy (non-hydrogen) atoms. The lowest BCUT2D eigenvalue weighted by Crippen LogP contribution is -2.17. The van der Waals surface area contributed by atoms with E-state index in [9.17, 15) is 4.39 Å². The molecule has 1 aliphatic rings. The predicted molar refractivity (Wildman–Crippen MR) is 55.5 cm³/mol. The molecule has 1 aromatic rings. The zero-order chi connectivity index (χ0) is 10.7. The maximum Gasteiger partial charge on any atom is 0.123 e. The van der Waals surface area contributed by atoms with Gasteiger partial charge in [0.05, 0.1) is 12.2 Å². The van der Waals surface area contributed by atoms with Gasteiger partial charge in [-0.25, -0.2) is 4.39 Å². The van der Waals surface area contributed by atoms with Crippen molar-refractivity contribution < 1.29 is 13.9 Å². The summed E-state index contributed by atoms with van der Waals surface area (Å²) in [7, 11) is 0. The highest BCUT2D eigenvalue weighted by atomic mass is 19.1. The van der Waals surface area contributed by atoms with E-state index in [2.05, 4.69) is 6.92 Å². The van der Waals surface area contributed by atoms with Crippen molar-refractivity contribution >= 4 is 0 Å². The van der Waals surface area contributed by atoms with E-state index in [1.807, 2.05) is 0 Å². The maximum absolute atomic E-state index is 12.6. The summed E-state index contributed by atoms with van der Waals surface area (Å²) in [5, 5.41) is 0. The molecule has 1 heterocycles. The lowest BCUT2D eigenvalue weighted by Gasteiger charge is -2.12. The Kier molecular flexibility index (Phi) is 3.21. The Labute approximate surface area is 89.0 Å². The highest BCUT2D eigenvalue weighted by molar-refractivity contribution is 5.22. The fourth-order valence-electron chi connectivity index (χ4n) is 1.73. The molecule has 2 nitrogen and oxygen atoms in total. The van der Waals surface area contributed by atoms with Gasteiger partial charge >= 0.3 is 0 Å². The van der Waals surface area contributed by atoms with Crippen molar-refractivity contribution in [1.29, 1.82) is 0 Å². The average molecular weight is 210 g/mol. The molecule has 0 saturated carbocycles. The Hall–Kier alpha value is -1.09. The Morgan fingerprint density at radius 2 is 2.07 bits per heavy atom. The van der Waals surface area contributed by atoms with E-state index in [4.69, 9.17) is 9.47 Å². The Balaban J connectivity index is 1.80. The zero-order valence-electron chi connectivity index (χ0n) is 8.78. The molecule has 2 rings (SSSR count). The fraction of sp³-hybridized carbons (Fsp3) is 0.500. The van der Waals surface area contributed by atoms with Crippen LogP contribution in [0.1, 0.15) is 19.8 Å². The number of ether oxygens (including phenoxy) is 2. The summed E-state index contributed by atoms with van der Waals surface area (Å²) >= 11 is 0. The second-order valence-electron chi connectivity index (χ2n) is 3.91. The first-order valence-electron chi connectivity index (χ1n) is 5.28. The third kappa shape index (κ3) is 2.93. The number of halogens is 1. The second-order valence-corrected chi connectivity index (χ2v) is 3.91. The lowest BCUT2D eigenvalue weighted by molar-refractivity contribution is 0.0264. The van der Waals surface area contributed by atoms with Gasteiger partial charge in [0.25, 0.3) is 0 Å². The van der Waals surface area contributed by atoms with E-state index >= 15 is 0 Å². The van der Waals surface area contributed by atoms with Crippen molar-refractivity contribution in [2.75, 3.05) is 6.61 Å². The minimum absolute atomic E-state index is 0.185. The molecule has 0 bridgehead atoms. The Bertz CT molecular complexity index is 310. The monoisotopic (exact) mass is 210 g/mol. The van der Waals surface area contributed by atoms with Gasteiger partial charge < -0.3 is 9.47 Å².